The Morgan fingerprint density at radius 3 is 2.27 bits per heavy atom. The number of hydrogen-bond acceptors (Lipinski definition) is 7. The molecule has 2 saturated heterocycles. The van der Waals surface area contributed by atoms with Gasteiger partial charge in [0.1, 0.15) is 5.82 Å². The lowest BCUT2D eigenvalue weighted by molar-refractivity contribution is -0.132. The number of benzene rings is 1. The van der Waals surface area contributed by atoms with E-state index in [2.05, 4.69) is 16.0 Å². The van der Waals surface area contributed by atoms with Crippen molar-refractivity contribution in [3.05, 3.63) is 53.2 Å². The highest BCUT2D eigenvalue weighted by Crippen LogP contribution is 2.27. The summed E-state index contributed by atoms with van der Waals surface area (Å²) in [5.74, 6) is 0.0712. The summed E-state index contributed by atoms with van der Waals surface area (Å²) >= 11 is 0. The molecular weight excluding hydrogens is 514 g/mol. The van der Waals surface area contributed by atoms with Crippen molar-refractivity contribution in [3.8, 4) is 0 Å². The second-order valence-electron chi connectivity index (χ2n) is 10.1. The van der Waals surface area contributed by atoms with Gasteiger partial charge in [0.2, 0.25) is 5.91 Å². The van der Waals surface area contributed by atoms with E-state index in [1.54, 1.807) is 40.1 Å². The van der Waals surface area contributed by atoms with Crippen LogP contribution in [0.3, 0.4) is 0 Å². The minimum atomic E-state index is -1.06. The molecule has 3 heterocycles. The predicted molar refractivity (Wildman–Crippen MR) is 150 cm³/mol. The Hall–Kier alpha value is -4.19. The van der Waals surface area contributed by atoms with Crippen LogP contribution in [0.1, 0.15) is 64.4 Å². The number of unbranched alkanes of at least 4 members (excludes halogenated alkanes) is 1. The molecule has 12 nitrogen and oxygen atoms in total. The van der Waals surface area contributed by atoms with Crippen LogP contribution in [0.4, 0.5) is 16.3 Å². The number of piperazine rings is 1. The summed E-state index contributed by atoms with van der Waals surface area (Å²) in [6.07, 6.45) is 2.46. The molecule has 0 unspecified atom stereocenters. The van der Waals surface area contributed by atoms with Gasteiger partial charge in [-0.15, -0.1) is 0 Å². The third-order valence-corrected chi connectivity index (χ3v) is 7.35. The zero-order valence-corrected chi connectivity index (χ0v) is 22.5. The van der Waals surface area contributed by atoms with Crippen LogP contribution in [0, 0.1) is 0 Å². The molecule has 2 aromatic rings. The molecule has 214 valence electrons. The lowest BCUT2D eigenvalue weighted by Gasteiger charge is -2.35. The molecule has 12 heteroatoms. The number of anilines is 2. The van der Waals surface area contributed by atoms with Crippen LogP contribution in [0.2, 0.25) is 0 Å². The minimum Gasteiger partial charge on any atom is -0.465 e. The number of nitrogens with one attached hydrogen (secondary N) is 3. The van der Waals surface area contributed by atoms with E-state index in [1.807, 2.05) is 6.07 Å². The number of nitrogens with zero attached hydrogens (tertiary/aromatic N) is 3. The molecule has 6 N–H and O–H groups in total. The van der Waals surface area contributed by atoms with Crippen molar-refractivity contribution < 1.29 is 24.3 Å². The van der Waals surface area contributed by atoms with Crippen LogP contribution in [0.5, 0.6) is 0 Å². The van der Waals surface area contributed by atoms with E-state index < -0.39 is 12.0 Å². The van der Waals surface area contributed by atoms with Gasteiger partial charge in [-0.25, -0.2) is 9.78 Å². The number of carboxylic acid groups (broad SMARTS) is 1. The Morgan fingerprint density at radius 2 is 1.62 bits per heavy atom. The molecule has 2 fully saturated rings. The molecule has 2 aliphatic heterocycles. The van der Waals surface area contributed by atoms with E-state index >= 15 is 0 Å². The SMILES string of the molecule is NC(=O)c1ccc(C2CCNCC2)nc1Nc1ccc(C(=O)N2CCN(C(=O)CCCCNC(=O)O)CC2)cc1. The Kier molecular flexibility index (Phi) is 9.90. The summed E-state index contributed by atoms with van der Waals surface area (Å²) in [5, 5.41) is 17.4. The number of carbonyl (C=O) groups is 4. The third-order valence-electron chi connectivity index (χ3n) is 7.35. The first-order chi connectivity index (χ1) is 19.3. The fourth-order valence-electron chi connectivity index (χ4n) is 5.04. The molecule has 0 atom stereocenters. The van der Waals surface area contributed by atoms with Gasteiger partial charge >= 0.3 is 6.09 Å². The van der Waals surface area contributed by atoms with E-state index in [4.69, 9.17) is 15.8 Å². The van der Waals surface area contributed by atoms with Crippen molar-refractivity contribution >= 4 is 35.3 Å². The van der Waals surface area contributed by atoms with E-state index in [9.17, 15) is 19.2 Å². The highest BCUT2D eigenvalue weighted by atomic mass is 16.4. The summed E-state index contributed by atoms with van der Waals surface area (Å²) in [7, 11) is 0. The highest BCUT2D eigenvalue weighted by Gasteiger charge is 2.25. The summed E-state index contributed by atoms with van der Waals surface area (Å²) in [6.45, 7) is 4.01. The number of amides is 4. The van der Waals surface area contributed by atoms with Crippen molar-refractivity contribution in [1.82, 2.24) is 25.4 Å². The molecule has 0 saturated carbocycles. The average Bonchev–Trinajstić information content (AvgIpc) is 2.97. The lowest BCUT2D eigenvalue weighted by atomic mass is 9.94. The van der Waals surface area contributed by atoms with Crippen LogP contribution >= 0.6 is 0 Å². The second-order valence-corrected chi connectivity index (χ2v) is 10.1. The van der Waals surface area contributed by atoms with Crippen molar-refractivity contribution in [1.29, 1.82) is 0 Å². The molecular formula is C28H37N7O5. The van der Waals surface area contributed by atoms with E-state index in [0.29, 0.717) is 80.5 Å². The maximum absolute atomic E-state index is 13.1. The number of carbonyl (C=O) groups excluding carboxylic acids is 3. The fraction of sp³-hybridized carbons (Fsp3) is 0.464. The largest absolute Gasteiger partial charge is 0.465 e. The molecule has 0 spiro atoms. The van der Waals surface area contributed by atoms with Gasteiger partial charge in [-0.05, 0) is 75.2 Å². The van der Waals surface area contributed by atoms with Crippen LogP contribution in [-0.4, -0.2) is 89.5 Å². The normalized spacial score (nSPS) is 15.9. The Labute approximate surface area is 233 Å². The van der Waals surface area contributed by atoms with Gasteiger partial charge in [0.15, 0.2) is 0 Å². The number of aromatic nitrogens is 1. The monoisotopic (exact) mass is 551 g/mol. The molecule has 1 aromatic carbocycles. The Bertz CT molecular complexity index is 1210. The molecule has 0 radical (unpaired) electrons. The van der Waals surface area contributed by atoms with Crippen molar-refractivity contribution in [2.45, 2.75) is 38.0 Å². The molecule has 1 aromatic heterocycles. The zero-order valence-electron chi connectivity index (χ0n) is 22.5. The number of hydrogen-bond donors (Lipinski definition) is 5. The standard InChI is InChI=1S/C28H37N7O5/c29-25(37)22-8-9-23(19-10-13-30-14-11-19)33-26(22)32-21-6-4-20(5-7-21)27(38)35-17-15-34(16-18-35)24(36)3-1-2-12-31-28(39)40/h4-9,19,30-31H,1-3,10-18H2,(H2,29,37)(H,32,33)(H,39,40). The van der Waals surface area contributed by atoms with Crippen LogP contribution < -0.4 is 21.7 Å². The van der Waals surface area contributed by atoms with Gasteiger partial charge in [0, 0.05) is 62.0 Å². The van der Waals surface area contributed by atoms with E-state index in [1.165, 1.54) is 0 Å². The van der Waals surface area contributed by atoms with Gasteiger partial charge in [-0.2, -0.15) is 0 Å². The second kappa shape index (κ2) is 13.7. The average molecular weight is 552 g/mol. The number of piperidine rings is 1. The fourth-order valence-corrected chi connectivity index (χ4v) is 5.04. The van der Waals surface area contributed by atoms with Crippen LogP contribution in [-0.2, 0) is 4.79 Å². The number of nitrogens with two attached hydrogens (primary N) is 1. The molecule has 4 amide bonds. The first-order valence-electron chi connectivity index (χ1n) is 13.7. The predicted octanol–water partition coefficient (Wildman–Crippen LogP) is 2.11. The van der Waals surface area contributed by atoms with Crippen molar-refractivity contribution in [3.63, 3.8) is 0 Å². The molecule has 0 bridgehead atoms. The molecule has 4 rings (SSSR count). The van der Waals surface area contributed by atoms with Crippen LogP contribution in [0.25, 0.3) is 0 Å². The van der Waals surface area contributed by atoms with Gasteiger partial charge < -0.3 is 36.6 Å². The minimum absolute atomic E-state index is 0.0195. The van der Waals surface area contributed by atoms with Gasteiger partial charge in [0.05, 0.1) is 5.56 Å². The number of pyridine rings is 1. The molecule has 40 heavy (non-hydrogen) atoms. The summed E-state index contributed by atoms with van der Waals surface area (Å²) in [5.41, 5.74) is 8.04. The smallest absolute Gasteiger partial charge is 0.404 e. The Balaban J connectivity index is 1.30. The van der Waals surface area contributed by atoms with Crippen molar-refractivity contribution in [2.75, 3.05) is 51.1 Å². The number of rotatable bonds is 10. The molecule has 2 aliphatic rings. The van der Waals surface area contributed by atoms with Gasteiger partial charge in [-0.1, -0.05) is 0 Å². The molecule has 0 aliphatic carbocycles. The number of primary amides is 1. The zero-order chi connectivity index (χ0) is 28.5. The van der Waals surface area contributed by atoms with Gasteiger partial charge in [0.25, 0.3) is 11.8 Å². The first kappa shape index (κ1) is 28.8. The Morgan fingerprint density at radius 1 is 0.950 bits per heavy atom. The maximum atomic E-state index is 13.1. The summed E-state index contributed by atoms with van der Waals surface area (Å²) < 4.78 is 0. The van der Waals surface area contributed by atoms with E-state index in [-0.39, 0.29) is 11.8 Å². The topological polar surface area (TPSA) is 170 Å². The summed E-state index contributed by atoms with van der Waals surface area (Å²) in [4.78, 5) is 56.2. The summed E-state index contributed by atoms with van der Waals surface area (Å²) in [6, 6.07) is 10.6. The quantitative estimate of drug-likeness (QED) is 0.280. The van der Waals surface area contributed by atoms with Crippen LogP contribution in [0.15, 0.2) is 36.4 Å². The highest BCUT2D eigenvalue weighted by molar-refractivity contribution is 5.98. The first-order valence-corrected chi connectivity index (χ1v) is 13.7. The lowest BCUT2D eigenvalue weighted by Crippen LogP contribution is -2.50. The van der Waals surface area contributed by atoms with E-state index in [0.717, 1.165) is 31.6 Å². The maximum Gasteiger partial charge on any atom is 0.404 e. The van der Waals surface area contributed by atoms with Crippen molar-refractivity contribution in [2.24, 2.45) is 5.73 Å². The van der Waals surface area contributed by atoms with Gasteiger partial charge in [-0.3, -0.25) is 14.4 Å². The third kappa shape index (κ3) is 7.69.